The number of nitrogens with zero attached hydrogens (tertiary/aromatic N) is 1. The van der Waals surface area contributed by atoms with Crippen LogP contribution in [0, 0.1) is 6.92 Å². The summed E-state index contributed by atoms with van der Waals surface area (Å²) in [5.41, 5.74) is 0.742. The standard InChI is InChI=1S/C21H21Cl3N2O6S/c1-12-3-4-14(33(29,30)26-5-7-31-8-6-26)9-15(12)21(28)32-13(2)20(27)25-19-11-17(23)16(22)10-18(19)24/h3-4,9-11,13H,5-8H2,1-2H3,(H,25,27)/t13-/m1/s1. The number of hydrogen-bond acceptors (Lipinski definition) is 6. The molecule has 0 bridgehead atoms. The topological polar surface area (TPSA) is 102 Å². The molecule has 0 aromatic heterocycles. The lowest BCUT2D eigenvalue weighted by molar-refractivity contribution is -0.123. The van der Waals surface area contributed by atoms with E-state index in [2.05, 4.69) is 5.32 Å². The molecular weight excluding hydrogens is 515 g/mol. The molecule has 3 rings (SSSR count). The zero-order chi connectivity index (χ0) is 24.3. The number of nitrogens with one attached hydrogen (secondary N) is 1. The molecule has 12 heteroatoms. The fourth-order valence-corrected chi connectivity index (χ4v) is 5.08. The molecule has 1 aliphatic rings. The van der Waals surface area contributed by atoms with Gasteiger partial charge in [-0.15, -0.1) is 0 Å². The minimum Gasteiger partial charge on any atom is -0.449 e. The first-order valence-electron chi connectivity index (χ1n) is 9.85. The Balaban J connectivity index is 1.75. The molecule has 1 saturated heterocycles. The quantitative estimate of drug-likeness (QED) is 0.440. The molecular formula is C21H21Cl3N2O6S. The van der Waals surface area contributed by atoms with Gasteiger partial charge in [-0.2, -0.15) is 4.31 Å². The maximum Gasteiger partial charge on any atom is 0.339 e. The molecule has 2 aromatic rings. The van der Waals surface area contributed by atoms with Crippen molar-refractivity contribution in [2.45, 2.75) is 24.8 Å². The molecule has 8 nitrogen and oxygen atoms in total. The second-order valence-electron chi connectivity index (χ2n) is 7.28. The van der Waals surface area contributed by atoms with Gasteiger partial charge in [0.25, 0.3) is 5.91 Å². The van der Waals surface area contributed by atoms with E-state index in [1.807, 2.05) is 0 Å². The fourth-order valence-electron chi connectivity index (χ4n) is 3.05. The fraction of sp³-hybridized carbons (Fsp3) is 0.333. The minimum atomic E-state index is -3.80. The van der Waals surface area contributed by atoms with Crippen LogP contribution in [0.15, 0.2) is 35.2 Å². The van der Waals surface area contributed by atoms with Gasteiger partial charge in [-0.05, 0) is 43.7 Å². The second kappa shape index (κ2) is 10.6. The first-order chi connectivity index (χ1) is 15.5. The lowest BCUT2D eigenvalue weighted by Crippen LogP contribution is -2.40. The highest BCUT2D eigenvalue weighted by Crippen LogP contribution is 2.32. The number of halogens is 3. The average molecular weight is 536 g/mol. The molecule has 0 spiro atoms. The van der Waals surface area contributed by atoms with Gasteiger partial charge < -0.3 is 14.8 Å². The van der Waals surface area contributed by atoms with Gasteiger partial charge in [-0.1, -0.05) is 40.9 Å². The Bertz CT molecular complexity index is 1180. The Morgan fingerprint density at radius 2 is 1.70 bits per heavy atom. The van der Waals surface area contributed by atoms with Crippen molar-refractivity contribution in [1.82, 2.24) is 4.31 Å². The van der Waals surface area contributed by atoms with Gasteiger partial charge in [-0.25, -0.2) is 13.2 Å². The van der Waals surface area contributed by atoms with Crippen LogP contribution in [-0.2, 0) is 24.3 Å². The highest BCUT2D eigenvalue weighted by atomic mass is 35.5. The summed E-state index contributed by atoms with van der Waals surface area (Å²) in [5, 5.41) is 3.10. The predicted octanol–water partition coefficient (Wildman–Crippen LogP) is 4.16. The number of esters is 1. The Kier molecular flexibility index (Phi) is 8.26. The largest absolute Gasteiger partial charge is 0.449 e. The molecule has 0 aliphatic carbocycles. The Hall–Kier alpha value is -1.88. The van der Waals surface area contributed by atoms with Crippen LogP contribution >= 0.6 is 34.8 Å². The van der Waals surface area contributed by atoms with E-state index in [1.54, 1.807) is 6.92 Å². The summed E-state index contributed by atoms with van der Waals surface area (Å²) in [4.78, 5) is 25.2. The number of benzene rings is 2. The van der Waals surface area contributed by atoms with Crippen LogP contribution in [0.5, 0.6) is 0 Å². The molecule has 178 valence electrons. The number of amides is 1. The molecule has 0 radical (unpaired) electrons. The van der Waals surface area contributed by atoms with E-state index >= 15 is 0 Å². The van der Waals surface area contributed by atoms with Crippen molar-refractivity contribution in [2.75, 3.05) is 31.6 Å². The lowest BCUT2D eigenvalue weighted by atomic mass is 10.1. The molecule has 2 aromatic carbocycles. The third-order valence-electron chi connectivity index (χ3n) is 4.96. The van der Waals surface area contributed by atoms with Gasteiger partial charge in [0.05, 0.1) is 44.4 Å². The van der Waals surface area contributed by atoms with Crippen molar-refractivity contribution < 1.29 is 27.5 Å². The van der Waals surface area contributed by atoms with Gasteiger partial charge in [0.1, 0.15) is 0 Å². The van der Waals surface area contributed by atoms with Gasteiger partial charge in [0.2, 0.25) is 10.0 Å². The number of carbonyl (C=O) groups is 2. The zero-order valence-corrected chi connectivity index (χ0v) is 20.8. The van der Waals surface area contributed by atoms with Crippen LogP contribution in [0.1, 0.15) is 22.8 Å². The first-order valence-corrected chi connectivity index (χ1v) is 12.4. The minimum absolute atomic E-state index is 0.0385. The van der Waals surface area contributed by atoms with Crippen molar-refractivity contribution in [1.29, 1.82) is 0 Å². The summed E-state index contributed by atoms with van der Waals surface area (Å²) in [7, 11) is -3.80. The van der Waals surface area contributed by atoms with Crippen molar-refractivity contribution in [3.05, 3.63) is 56.5 Å². The molecule has 0 unspecified atom stereocenters. The van der Waals surface area contributed by atoms with E-state index in [0.29, 0.717) is 18.8 Å². The summed E-state index contributed by atoms with van der Waals surface area (Å²) in [5.74, 6) is -1.49. The highest BCUT2D eigenvalue weighted by Gasteiger charge is 2.28. The number of ether oxygens (including phenoxy) is 2. The van der Waals surface area contributed by atoms with Crippen molar-refractivity contribution in [3.63, 3.8) is 0 Å². The zero-order valence-electron chi connectivity index (χ0n) is 17.7. The van der Waals surface area contributed by atoms with Crippen molar-refractivity contribution >= 4 is 62.4 Å². The van der Waals surface area contributed by atoms with Crippen LogP contribution < -0.4 is 5.32 Å². The second-order valence-corrected chi connectivity index (χ2v) is 10.4. The molecule has 33 heavy (non-hydrogen) atoms. The predicted molar refractivity (Wildman–Crippen MR) is 126 cm³/mol. The van der Waals surface area contributed by atoms with Crippen LogP contribution in [0.3, 0.4) is 0 Å². The van der Waals surface area contributed by atoms with Crippen molar-refractivity contribution in [3.8, 4) is 0 Å². The van der Waals surface area contributed by atoms with E-state index in [0.717, 1.165) is 0 Å². The SMILES string of the molecule is Cc1ccc(S(=O)(=O)N2CCOCC2)cc1C(=O)O[C@H](C)C(=O)Nc1cc(Cl)c(Cl)cc1Cl. The summed E-state index contributed by atoms with van der Waals surface area (Å²) in [6.45, 7) is 4.07. The summed E-state index contributed by atoms with van der Waals surface area (Å²) in [6, 6.07) is 6.96. The smallest absolute Gasteiger partial charge is 0.339 e. The Morgan fingerprint density at radius 3 is 2.36 bits per heavy atom. The normalized spacial score (nSPS) is 15.7. The molecule has 0 saturated carbocycles. The third kappa shape index (κ3) is 5.98. The molecule has 1 aliphatic heterocycles. The molecule has 1 atom stereocenters. The van der Waals surface area contributed by atoms with E-state index < -0.39 is 28.0 Å². The maximum atomic E-state index is 12.9. The van der Waals surface area contributed by atoms with Crippen LogP contribution in [0.4, 0.5) is 5.69 Å². The Morgan fingerprint density at radius 1 is 1.06 bits per heavy atom. The van der Waals surface area contributed by atoms with Crippen LogP contribution in [0.2, 0.25) is 15.1 Å². The third-order valence-corrected chi connectivity index (χ3v) is 7.89. The van der Waals surface area contributed by atoms with Gasteiger partial charge in [-0.3, -0.25) is 4.79 Å². The number of hydrogen-bond donors (Lipinski definition) is 1. The van der Waals surface area contributed by atoms with Crippen molar-refractivity contribution in [2.24, 2.45) is 0 Å². The number of carbonyl (C=O) groups excluding carboxylic acids is 2. The molecule has 1 fully saturated rings. The number of rotatable bonds is 6. The monoisotopic (exact) mass is 534 g/mol. The van der Waals surface area contributed by atoms with E-state index in [1.165, 1.54) is 41.6 Å². The van der Waals surface area contributed by atoms with Gasteiger partial charge in [0, 0.05) is 13.1 Å². The Labute approximate surface area is 206 Å². The number of anilines is 1. The summed E-state index contributed by atoms with van der Waals surface area (Å²) >= 11 is 17.9. The number of aryl methyl sites for hydroxylation is 1. The maximum absolute atomic E-state index is 12.9. The van der Waals surface area contributed by atoms with E-state index in [4.69, 9.17) is 44.3 Å². The number of sulfonamides is 1. The van der Waals surface area contributed by atoms with Gasteiger partial charge in [0.15, 0.2) is 6.10 Å². The van der Waals surface area contributed by atoms with Crippen LogP contribution in [-0.4, -0.2) is 57.0 Å². The average Bonchev–Trinajstić information content (AvgIpc) is 2.78. The van der Waals surface area contributed by atoms with E-state index in [-0.39, 0.29) is 44.3 Å². The molecule has 1 N–H and O–H groups in total. The van der Waals surface area contributed by atoms with Crippen LogP contribution in [0.25, 0.3) is 0 Å². The lowest BCUT2D eigenvalue weighted by Gasteiger charge is -2.26. The first kappa shape index (κ1) is 25.7. The molecule has 1 amide bonds. The van der Waals surface area contributed by atoms with E-state index in [9.17, 15) is 18.0 Å². The molecule has 1 heterocycles. The number of morpholine rings is 1. The summed E-state index contributed by atoms with van der Waals surface area (Å²) in [6.07, 6.45) is -1.21. The highest BCUT2D eigenvalue weighted by molar-refractivity contribution is 7.89. The summed E-state index contributed by atoms with van der Waals surface area (Å²) < 4.78 is 37.6. The van der Waals surface area contributed by atoms with Gasteiger partial charge >= 0.3 is 5.97 Å².